The van der Waals surface area contributed by atoms with Crippen molar-refractivity contribution in [2.45, 2.75) is 20.0 Å². The third kappa shape index (κ3) is 5.97. The number of pyridine rings is 1. The second-order valence-corrected chi connectivity index (χ2v) is 6.36. The van der Waals surface area contributed by atoms with Gasteiger partial charge in [0.2, 0.25) is 0 Å². The Balaban J connectivity index is 0.00000363. The number of nitrogens with zero attached hydrogens (tertiary/aromatic N) is 2. The lowest BCUT2D eigenvalue weighted by Gasteiger charge is -2.13. The van der Waals surface area contributed by atoms with Crippen molar-refractivity contribution in [1.82, 2.24) is 15.0 Å². The molecule has 0 aliphatic heterocycles. The minimum atomic E-state index is -4.52. The Morgan fingerprint density at radius 2 is 1.97 bits per heavy atom. The van der Waals surface area contributed by atoms with Gasteiger partial charge in [0.25, 0.3) is 5.56 Å². The number of halogens is 4. The zero-order valence-corrected chi connectivity index (χ0v) is 17.7. The van der Waals surface area contributed by atoms with E-state index in [1.165, 1.54) is 30.6 Å². The van der Waals surface area contributed by atoms with Gasteiger partial charge in [-0.2, -0.15) is 13.2 Å². The molecule has 3 N–H and O–H groups in total. The molecule has 0 unspecified atom stereocenters. The van der Waals surface area contributed by atoms with Gasteiger partial charge in [-0.1, -0.05) is 6.07 Å². The Bertz CT molecular complexity index is 1170. The summed E-state index contributed by atoms with van der Waals surface area (Å²) < 4.78 is 43.9. The predicted octanol–water partition coefficient (Wildman–Crippen LogP) is 4.62. The topological polar surface area (TPSA) is 109 Å². The Kier molecular flexibility index (Phi) is 7.82. The van der Waals surface area contributed by atoms with Gasteiger partial charge in [-0.15, -0.1) is 12.4 Å². The van der Waals surface area contributed by atoms with Gasteiger partial charge in [0.1, 0.15) is 5.75 Å². The molecule has 0 aliphatic rings. The molecule has 3 rings (SSSR count). The number of aromatic nitrogens is 3. The number of amides is 2. The molecule has 2 aromatic heterocycles. The highest BCUT2D eigenvalue weighted by atomic mass is 35.5. The number of hydrogen-bond donors (Lipinski definition) is 3. The maximum absolute atomic E-state index is 12.8. The molecule has 170 valence electrons. The van der Waals surface area contributed by atoms with E-state index < -0.39 is 17.8 Å². The van der Waals surface area contributed by atoms with E-state index in [0.717, 1.165) is 12.1 Å². The summed E-state index contributed by atoms with van der Waals surface area (Å²) in [6, 6.07) is 4.81. The van der Waals surface area contributed by atoms with Crippen LogP contribution in [0.15, 0.2) is 47.5 Å². The van der Waals surface area contributed by atoms with Crippen LogP contribution in [-0.4, -0.2) is 27.6 Å². The fraction of sp³-hybridized carbons (Fsp3) is 0.200. The average molecular weight is 470 g/mol. The number of anilines is 2. The monoisotopic (exact) mass is 469 g/mol. The Morgan fingerprint density at radius 1 is 1.22 bits per heavy atom. The molecule has 0 bridgehead atoms. The van der Waals surface area contributed by atoms with Crippen LogP contribution in [0.3, 0.4) is 0 Å². The number of benzene rings is 1. The Morgan fingerprint density at radius 3 is 2.62 bits per heavy atom. The van der Waals surface area contributed by atoms with Gasteiger partial charge in [-0.3, -0.25) is 4.79 Å². The fourth-order valence-electron chi connectivity index (χ4n) is 2.68. The minimum Gasteiger partial charge on any atom is -0.493 e. The first-order valence-corrected chi connectivity index (χ1v) is 9.12. The van der Waals surface area contributed by atoms with Crippen molar-refractivity contribution in [3.05, 3.63) is 64.3 Å². The molecule has 0 aliphatic carbocycles. The van der Waals surface area contributed by atoms with Crippen molar-refractivity contribution in [1.29, 1.82) is 0 Å². The van der Waals surface area contributed by atoms with Crippen molar-refractivity contribution in [3.8, 4) is 17.1 Å². The Labute approximate surface area is 186 Å². The lowest BCUT2D eigenvalue weighted by atomic mass is 10.2. The number of ether oxygens (including phenoxy) is 1. The van der Waals surface area contributed by atoms with E-state index >= 15 is 0 Å². The van der Waals surface area contributed by atoms with E-state index in [1.54, 1.807) is 13.8 Å². The molecule has 2 heterocycles. The van der Waals surface area contributed by atoms with Crippen LogP contribution in [0.25, 0.3) is 11.4 Å². The summed E-state index contributed by atoms with van der Waals surface area (Å²) in [5.74, 6) is 0.578. The number of nitrogens with one attached hydrogen (secondary N) is 3. The van der Waals surface area contributed by atoms with Gasteiger partial charge in [0, 0.05) is 18.0 Å². The maximum atomic E-state index is 12.8. The number of urea groups is 1. The van der Waals surface area contributed by atoms with E-state index in [4.69, 9.17) is 4.74 Å². The van der Waals surface area contributed by atoms with Crippen molar-refractivity contribution in [2.75, 3.05) is 17.2 Å². The molecular formula is C20H19ClF3N5O3. The van der Waals surface area contributed by atoms with Gasteiger partial charge < -0.3 is 20.4 Å². The number of carbonyl (C=O) groups excluding carboxylic acids is 1. The quantitative estimate of drug-likeness (QED) is 0.505. The van der Waals surface area contributed by atoms with Crippen LogP contribution in [0.4, 0.5) is 29.3 Å². The van der Waals surface area contributed by atoms with Crippen LogP contribution < -0.4 is 20.9 Å². The van der Waals surface area contributed by atoms with E-state index in [1.807, 2.05) is 0 Å². The zero-order chi connectivity index (χ0) is 22.6. The van der Waals surface area contributed by atoms with Crippen molar-refractivity contribution in [2.24, 2.45) is 0 Å². The van der Waals surface area contributed by atoms with E-state index in [2.05, 4.69) is 25.6 Å². The summed E-state index contributed by atoms with van der Waals surface area (Å²) in [7, 11) is 0. The molecule has 0 saturated heterocycles. The number of aryl methyl sites for hydroxylation is 1. The number of alkyl halides is 3. The lowest BCUT2D eigenvalue weighted by Crippen LogP contribution is -2.21. The molecule has 12 heteroatoms. The molecule has 0 atom stereocenters. The second kappa shape index (κ2) is 10.1. The van der Waals surface area contributed by atoms with Gasteiger partial charge in [-0.05, 0) is 32.0 Å². The Hall–Kier alpha value is -3.60. The molecule has 32 heavy (non-hydrogen) atoms. The smallest absolute Gasteiger partial charge is 0.416 e. The molecular weight excluding hydrogens is 451 g/mol. The highest BCUT2D eigenvalue weighted by molar-refractivity contribution is 6.00. The molecule has 0 radical (unpaired) electrons. The van der Waals surface area contributed by atoms with Crippen molar-refractivity contribution >= 4 is 29.8 Å². The average Bonchev–Trinajstić information content (AvgIpc) is 2.69. The molecule has 0 fully saturated rings. The first kappa shape index (κ1) is 24.7. The number of rotatable bonds is 5. The van der Waals surface area contributed by atoms with Gasteiger partial charge in [-0.25, -0.2) is 14.8 Å². The maximum Gasteiger partial charge on any atom is 0.416 e. The number of aromatic amines is 1. The molecule has 3 aromatic rings. The third-order valence-electron chi connectivity index (χ3n) is 4.10. The summed E-state index contributed by atoms with van der Waals surface area (Å²) in [4.78, 5) is 34.8. The molecule has 0 saturated carbocycles. The second-order valence-electron chi connectivity index (χ2n) is 6.36. The van der Waals surface area contributed by atoms with E-state index in [-0.39, 0.29) is 35.2 Å². The zero-order valence-electron chi connectivity index (χ0n) is 16.9. The predicted molar refractivity (Wildman–Crippen MR) is 115 cm³/mol. The lowest BCUT2D eigenvalue weighted by molar-refractivity contribution is -0.137. The van der Waals surface area contributed by atoms with Crippen LogP contribution in [0.1, 0.15) is 18.2 Å². The summed E-state index contributed by atoms with van der Waals surface area (Å²) in [6.45, 7) is 3.73. The SMILES string of the molecule is CCOc1cc(=O)[nH]cc1-c1ncc(NC(=O)Nc2cccc(C(F)(F)F)c2)c(C)n1.Cl. The minimum absolute atomic E-state index is 0. The highest BCUT2D eigenvalue weighted by Crippen LogP contribution is 2.31. The van der Waals surface area contributed by atoms with Crippen molar-refractivity contribution < 1.29 is 22.7 Å². The standard InChI is InChI=1S/C20H18F3N5O3.ClH/c1-3-31-16-8-17(29)24-9-14(16)18-25-10-15(11(2)26-18)28-19(30)27-13-6-4-5-12(7-13)20(21,22)23;/h4-10H,3H2,1-2H3,(H,24,29)(H2,27,28,30);1H. The summed E-state index contributed by atoms with van der Waals surface area (Å²) in [5.41, 5.74) is -0.108. The van der Waals surface area contributed by atoms with Gasteiger partial charge >= 0.3 is 12.2 Å². The third-order valence-corrected chi connectivity index (χ3v) is 4.10. The molecule has 1 aromatic carbocycles. The fourth-order valence-corrected chi connectivity index (χ4v) is 2.68. The summed E-state index contributed by atoms with van der Waals surface area (Å²) in [6.07, 6.45) is -1.74. The van der Waals surface area contributed by atoms with Crippen molar-refractivity contribution in [3.63, 3.8) is 0 Å². The number of carbonyl (C=O) groups is 1. The largest absolute Gasteiger partial charge is 0.493 e. The van der Waals surface area contributed by atoms with E-state index in [9.17, 15) is 22.8 Å². The van der Waals surface area contributed by atoms with Crippen LogP contribution in [0.2, 0.25) is 0 Å². The summed E-state index contributed by atoms with van der Waals surface area (Å²) in [5, 5.41) is 4.84. The van der Waals surface area contributed by atoms with Crippen LogP contribution >= 0.6 is 12.4 Å². The summed E-state index contributed by atoms with van der Waals surface area (Å²) >= 11 is 0. The first-order valence-electron chi connectivity index (χ1n) is 9.12. The first-order chi connectivity index (χ1) is 14.7. The number of hydrogen-bond acceptors (Lipinski definition) is 5. The van der Waals surface area contributed by atoms with Crippen LogP contribution in [-0.2, 0) is 6.18 Å². The van der Waals surface area contributed by atoms with Gasteiger partial charge in [0.05, 0.1) is 35.3 Å². The highest BCUT2D eigenvalue weighted by Gasteiger charge is 2.30. The number of H-pyrrole nitrogens is 1. The normalized spacial score (nSPS) is 10.8. The van der Waals surface area contributed by atoms with Crippen LogP contribution in [0, 0.1) is 6.92 Å². The molecule has 2 amide bonds. The van der Waals surface area contributed by atoms with E-state index in [0.29, 0.717) is 23.6 Å². The molecule has 8 nitrogen and oxygen atoms in total. The molecule has 0 spiro atoms. The van der Waals surface area contributed by atoms with Gasteiger partial charge in [0.15, 0.2) is 5.82 Å². The van der Waals surface area contributed by atoms with Crippen LogP contribution in [0.5, 0.6) is 5.75 Å².